The molecule has 4 heteroatoms. The highest BCUT2D eigenvalue weighted by Gasteiger charge is 2.60. The molecule has 1 N–H and O–H groups in total. The van der Waals surface area contributed by atoms with Crippen LogP contribution in [-0.2, 0) is 15.0 Å². The van der Waals surface area contributed by atoms with Crippen LogP contribution >= 0.6 is 0 Å². The van der Waals surface area contributed by atoms with Crippen molar-refractivity contribution in [2.75, 3.05) is 5.01 Å². The third kappa shape index (κ3) is 3.11. The van der Waals surface area contributed by atoms with Gasteiger partial charge in [0.2, 0.25) is 0 Å². The van der Waals surface area contributed by atoms with Crippen LogP contribution in [0.15, 0.2) is 91.0 Å². The summed E-state index contributed by atoms with van der Waals surface area (Å²) in [6.45, 7) is 2.08. The van der Waals surface area contributed by atoms with Crippen LogP contribution in [0.25, 0.3) is 0 Å². The zero-order valence-corrected chi connectivity index (χ0v) is 16.4. The van der Waals surface area contributed by atoms with E-state index in [1.807, 2.05) is 91.0 Å². The number of para-hydroxylation sites is 1. The Hall–Kier alpha value is -3.40. The predicted molar refractivity (Wildman–Crippen MR) is 114 cm³/mol. The summed E-state index contributed by atoms with van der Waals surface area (Å²) < 4.78 is 0. The molecular formula is C25H24N2O2. The molecular weight excluding hydrogens is 360 g/mol. The first-order chi connectivity index (χ1) is 14.2. The van der Waals surface area contributed by atoms with Gasteiger partial charge in [-0.2, -0.15) is 0 Å². The maximum Gasteiger partial charge on any atom is 0.266 e. The number of anilines is 1. The van der Waals surface area contributed by atoms with E-state index in [1.54, 1.807) is 0 Å². The van der Waals surface area contributed by atoms with Crippen LogP contribution in [0.4, 0.5) is 5.69 Å². The number of amides is 2. The summed E-state index contributed by atoms with van der Waals surface area (Å²) >= 11 is 0. The van der Waals surface area contributed by atoms with Crippen molar-refractivity contribution >= 4 is 17.5 Å². The maximum absolute atomic E-state index is 14.0. The zero-order valence-electron chi connectivity index (χ0n) is 16.4. The molecule has 0 saturated carbocycles. The van der Waals surface area contributed by atoms with Crippen LogP contribution in [0, 0.1) is 0 Å². The van der Waals surface area contributed by atoms with Crippen molar-refractivity contribution in [3.05, 3.63) is 102 Å². The first-order valence-corrected chi connectivity index (χ1v) is 10.0. The molecule has 0 radical (unpaired) electrons. The molecule has 1 heterocycles. The Morgan fingerprint density at radius 3 is 1.97 bits per heavy atom. The van der Waals surface area contributed by atoms with Crippen molar-refractivity contribution < 1.29 is 9.59 Å². The molecule has 3 aromatic carbocycles. The summed E-state index contributed by atoms with van der Waals surface area (Å²) in [5.41, 5.74) is 3.93. The fourth-order valence-corrected chi connectivity index (χ4v) is 4.34. The first-order valence-electron chi connectivity index (χ1n) is 10.0. The lowest BCUT2D eigenvalue weighted by Crippen LogP contribution is -2.46. The smallest absolute Gasteiger partial charge is 0.266 e. The van der Waals surface area contributed by atoms with Gasteiger partial charge in [-0.25, -0.2) is 5.01 Å². The van der Waals surface area contributed by atoms with Crippen LogP contribution in [0.3, 0.4) is 0 Å². The standard InChI is InChI=1S/C25H24N2O2/c1-2-12-22(19-13-6-3-7-14-19)25(20-15-8-4-9-16-20)23(28)26-27(24(25)29)21-17-10-5-11-18-21/h3-11,13-18,22H,2,12H2,1H3,(H,26,28). The molecule has 1 aliphatic heterocycles. The lowest BCUT2D eigenvalue weighted by atomic mass is 9.65. The van der Waals surface area contributed by atoms with Gasteiger partial charge in [-0.05, 0) is 29.7 Å². The fraction of sp³-hybridized carbons (Fsp3) is 0.200. The van der Waals surface area contributed by atoms with Gasteiger partial charge in [-0.15, -0.1) is 0 Å². The lowest BCUT2D eigenvalue weighted by molar-refractivity contribution is -0.131. The molecule has 1 fully saturated rings. The number of nitrogens with one attached hydrogen (secondary N) is 1. The maximum atomic E-state index is 14.0. The van der Waals surface area contributed by atoms with Crippen molar-refractivity contribution in [3.8, 4) is 0 Å². The minimum absolute atomic E-state index is 0.234. The molecule has 2 amide bonds. The summed E-state index contributed by atoms with van der Waals surface area (Å²) in [5.74, 6) is -0.778. The molecule has 0 aromatic heterocycles. The van der Waals surface area contributed by atoms with E-state index in [2.05, 4.69) is 12.3 Å². The summed E-state index contributed by atoms with van der Waals surface area (Å²) in [7, 11) is 0. The van der Waals surface area contributed by atoms with Crippen LogP contribution < -0.4 is 10.4 Å². The van der Waals surface area contributed by atoms with E-state index in [4.69, 9.17) is 0 Å². The highest BCUT2D eigenvalue weighted by atomic mass is 16.2. The van der Waals surface area contributed by atoms with Gasteiger partial charge in [0.15, 0.2) is 5.41 Å². The average molecular weight is 384 g/mol. The average Bonchev–Trinajstić information content (AvgIpc) is 3.05. The number of carbonyl (C=O) groups is 2. The van der Waals surface area contributed by atoms with E-state index < -0.39 is 5.41 Å². The molecule has 2 atom stereocenters. The van der Waals surface area contributed by atoms with E-state index in [0.29, 0.717) is 5.69 Å². The summed E-state index contributed by atoms with van der Waals surface area (Å²) in [4.78, 5) is 27.6. The van der Waals surface area contributed by atoms with E-state index >= 15 is 0 Å². The molecule has 0 bridgehead atoms. The fourth-order valence-electron chi connectivity index (χ4n) is 4.34. The van der Waals surface area contributed by atoms with Gasteiger partial charge in [0.05, 0.1) is 5.69 Å². The quantitative estimate of drug-likeness (QED) is 0.632. The minimum Gasteiger partial charge on any atom is -0.272 e. The van der Waals surface area contributed by atoms with E-state index in [0.717, 1.165) is 24.0 Å². The third-order valence-corrected chi connectivity index (χ3v) is 5.66. The van der Waals surface area contributed by atoms with E-state index in [-0.39, 0.29) is 17.7 Å². The van der Waals surface area contributed by atoms with Gasteiger partial charge in [-0.1, -0.05) is 92.2 Å². The lowest BCUT2D eigenvalue weighted by Gasteiger charge is -2.34. The molecule has 0 spiro atoms. The third-order valence-electron chi connectivity index (χ3n) is 5.66. The Kier molecular flexibility index (Phi) is 5.17. The second-order valence-electron chi connectivity index (χ2n) is 7.34. The van der Waals surface area contributed by atoms with Gasteiger partial charge in [0.25, 0.3) is 11.8 Å². The van der Waals surface area contributed by atoms with Crippen molar-refractivity contribution in [2.45, 2.75) is 31.1 Å². The Balaban J connectivity index is 1.92. The normalized spacial score (nSPS) is 19.8. The number of hydrogen-bond acceptors (Lipinski definition) is 2. The summed E-state index contributed by atoms with van der Waals surface area (Å²) in [5, 5.41) is 1.40. The molecule has 4 nitrogen and oxygen atoms in total. The summed E-state index contributed by atoms with van der Waals surface area (Å²) in [6, 6.07) is 28.6. The number of hydrazine groups is 1. The number of benzene rings is 3. The topological polar surface area (TPSA) is 49.4 Å². The monoisotopic (exact) mass is 384 g/mol. The molecule has 29 heavy (non-hydrogen) atoms. The number of carbonyl (C=O) groups excluding carboxylic acids is 2. The van der Waals surface area contributed by atoms with Crippen molar-refractivity contribution in [3.63, 3.8) is 0 Å². The molecule has 0 aliphatic carbocycles. The zero-order chi connectivity index (χ0) is 20.3. The number of rotatable bonds is 6. The van der Waals surface area contributed by atoms with Gasteiger partial charge in [0.1, 0.15) is 0 Å². The van der Waals surface area contributed by atoms with Gasteiger partial charge >= 0.3 is 0 Å². The van der Waals surface area contributed by atoms with Crippen LogP contribution in [0.5, 0.6) is 0 Å². The van der Waals surface area contributed by atoms with Crippen molar-refractivity contribution in [2.24, 2.45) is 0 Å². The molecule has 3 aromatic rings. The molecule has 146 valence electrons. The molecule has 1 saturated heterocycles. The predicted octanol–water partition coefficient (Wildman–Crippen LogP) is 4.59. The first kappa shape index (κ1) is 18.9. The molecule has 1 aliphatic rings. The highest BCUT2D eigenvalue weighted by Crippen LogP contribution is 2.46. The second kappa shape index (κ2) is 7.92. The van der Waals surface area contributed by atoms with Gasteiger partial charge < -0.3 is 0 Å². The number of nitrogens with zero attached hydrogens (tertiary/aromatic N) is 1. The Bertz CT molecular complexity index is 989. The van der Waals surface area contributed by atoms with Gasteiger partial charge in [0, 0.05) is 5.92 Å². The van der Waals surface area contributed by atoms with Gasteiger partial charge in [-0.3, -0.25) is 15.0 Å². The highest BCUT2D eigenvalue weighted by molar-refractivity contribution is 6.23. The van der Waals surface area contributed by atoms with Crippen LogP contribution in [0.2, 0.25) is 0 Å². The second-order valence-corrected chi connectivity index (χ2v) is 7.34. The van der Waals surface area contributed by atoms with Crippen LogP contribution in [0.1, 0.15) is 36.8 Å². The SMILES string of the molecule is CCCC(c1ccccc1)C1(c2ccccc2)C(=O)NN(c2ccccc2)C1=O. The number of hydrogen-bond donors (Lipinski definition) is 1. The Morgan fingerprint density at radius 1 is 0.828 bits per heavy atom. The minimum atomic E-state index is -1.31. The Morgan fingerprint density at radius 2 is 1.38 bits per heavy atom. The molecule has 4 rings (SSSR count). The summed E-state index contributed by atoms with van der Waals surface area (Å²) in [6.07, 6.45) is 1.58. The van der Waals surface area contributed by atoms with Crippen molar-refractivity contribution in [1.29, 1.82) is 0 Å². The Labute approximate surface area is 171 Å². The largest absolute Gasteiger partial charge is 0.272 e. The van der Waals surface area contributed by atoms with E-state index in [9.17, 15) is 9.59 Å². The van der Waals surface area contributed by atoms with Crippen LogP contribution in [-0.4, -0.2) is 11.8 Å². The van der Waals surface area contributed by atoms with E-state index in [1.165, 1.54) is 5.01 Å². The molecule has 2 unspecified atom stereocenters. The van der Waals surface area contributed by atoms with Crippen molar-refractivity contribution in [1.82, 2.24) is 5.43 Å².